The van der Waals surface area contributed by atoms with Crippen molar-refractivity contribution in [1.82, 2.24) is 14.2 Å². The molecule has 190 valence electrons. The monoisotopic (exact) mass is 499 g/mol. The Bertz CT molecular complexity index is 1140. The number of aromatic nitrogens is 1. The Hall–Kier alpha value is -2.44. The molecule has 0 unspecified atom stereocenters. The number of fused-ring (bicyclic) bond motifs is 1. The zero-order valence-corrected chi connectivity index (χ0v) is 22.1. The molecule has 1 N–H and O–H groups in total. The Labute approximate surface area is 210 Å². The fraction of sp³-hybridized carbons (Fsp3) is 0.519. The molecule has 0 spiro atoms. The van der Waals surface area contributed by atoms with E-state index in [1.165, 1.54) is 4.31 Å². The molecule has 0 saturated carbocycles. The van der Waals surface area contributed by atoms with Gasteiger partial charge in [0.25, 0.3) is 0 Å². The lowest BCUT2D eigenvalue weighted by atomic mass is 10.0. The molecule has 8 heteroatoms. The third-order valence-corrected chi connectivity index (χ3v) is 8.08. The molecule has 0 fully saturated rings. The topological polar surface area (TPSA) is 83.0 Å². The molecule has 35 heavy (non-hydrogen) atoms. The minimum Gasteiger partial charge on any atom is -0.487 e. The Kier molecular flexibility index (Phi) is 9.31. The van der Waals surface area contributed by atoms with Crippen molar-refractivity contribution < 1.29 is 18.3 Å². The van der Waals surface area contributed by atoms with E-state index in [9.17, 15) is 13.5 Å². The molecular formula is C27H37N3O4S. The Balaban J connectivity index is 1.97. The van der Waals surface area contributed by atoms with Crippen molar-refractivity contribution in [1.29, 1.82) is 0 Å². The summed E-state index contributed by atoms with van der Waals surface area (Å²) < 4.78 is 35.0. The third-order valence-electron chi connectivity index (χ3n) is 6.06. The van der Waals surface area contributed by atoms with E-state index in [-0.39, 0.29) is 30.1 Å². The van der Waals surface area contributed by atoms with Gasteiger partial charge in [-0.2, -0.15) is 4.31 Å². The molecule has 1 aliphatic heterocycles. The number of rotatable bonds is 7. The van der Waals surface area contributed by atoms with Gasteiger partial charge in [-0.1, -0.05) is 38.7 Å². The molecule has 2 heterocycles. The zero-order chi connectivity index (χ0) is 25.6. The summed E-state index contributed by atoms with van der Waals surface area (Å²) in [5.74, 6) is 6.94. The molecule has 3 rings (SSSR count). The minimum absolute atomic E-state index is 0.108. The zero-order valence-electron chi connectivity index (χ0n) is 21.3. The molecule has 2 aromatic rings. The molecule has 7 nitrogen and oxygen atoms in total. The first-order chi connectivity index (χ1) is 16.6. The molecule has 1 aromatic carbocycles. The summed E-state index contributed by atoms with van der Waals surface area (Å²) in [5, 5.41) is 9.81. The number of pyridine rings is 1. The Morgan fingerprint density at radius 3 is 2.69 bits per heavy atom. The highest BCUT2D eigenvalue weighted by atomic mass is 32.2. The fourth-order valence-electron chi connectivity index (χ4n) is 4.02. The molecule has 1 aliphatic rings. The minimum atomic E-state index is -3.86. The van der Waals surface area contributed by atoms with Gasteiger partial charge in [-0.05, 0) is 50.2 Å². The number of sulfonamides is 1. The largest absolute Gasteiger partial charge is 0.487 e. The number of hydrogen-bond acceptors (Lipinski definition) is 6. The van der Waals surface area contributed by atoms with E-state index in [4.69, 9.17) is 4.74 Å². The van der Waals surface area contributed by atoms with Gasteiger partial charge in [-0.25, -0.2) is 8.42 Å². The normalized spacial score (nSPS) is 20.8. The van der Waals surface area contributed by atoms with E-state index in [2.05, 4.69) is 35.6 Å². The average molecular weight is 500 g/mol. The second-order valence-corrected chi connectivity index (χ2v) is 11.7. The highest BCUT2D eigenvalue weighted by molar-refractivity contribution is 7.89. The lowest BCUT2D eigenvalue weighted by molar-refractivity contribution is 0.0730. The van der Waals surface area contributed by atoms with Gasteiger partial charge in [0.15, 0.2) is 0 Å². The quantitative estimate of drug-likeness (QED) is 0.588. The predicted octanol–water partition coefficient (Wildman–Crippen LogP) is 3.38. The van der Waals surface area contributed by atoms with Crippen LogP contribution in [0, 0.1) is 23.7 Å². The molecule has 0 saturated heterocycles. The van der Waals surface area contributed by atoms with Gasteiger partial charge in [0.2, 0.25) is 10.0 Å². The van der Waals surface area contributed by atoms with Crippen molar-refractivity contribution in [2.24, 2.45) is 11.8 Å². The first kappa shape index (κ1) is 27.2. The molecular weight excluding hydrogens is 462 g/mol. The number of nitrogens with zero attached hydrogens (tertiary/aromatic N) is 3. The maximum Gasteiger partial charge on any atom is 0.247 e. The van der Waals surface area contributed by atoms with Crippen LogP contribution in [0.4, 0.5) is 0 Å². The molecule has 0 aliphatic carbocycles. The smallest absolute Gasteiger partial charge is 0.247 e. The maximum atomic E-state index is 13.6. The van der Waals surface area contributed by atoms with E-state index >= 15 is 0 Å². The number of aliphatic hydroxyl groups is 1. The van der Waals surface area contributed by atoms with Crippen LogP contribution in [0.5, 0.6) is 5.75 Å². The van der Waals surface area contributed by atoms with Gasteiger partial charge in [0, 0.05) is 49.8 Å². The lowest BCUT2D eigenvalue weighted by Gasteiger charge is -2.37. The van der Waals surface area contributed by atoms with Gasteiger partial charge in [0.1, 0.15) is 16.7 Å². The second-order valence-electron chi connectivity index (χ2n) is 9.82. The van der Waals surface area contributed by atoms with Crippen LogP contribution in [-0.4, -0.2) is 66.6 Å². The van der Waals surface area contributed by atoms with Crippen molar-refractivity contribution >= 4 is 10.0 Å². The van der Waals surface area contributed by atoms with Crippen LogP contribution < -0.4 is 4.74 Å². The van der Waals surface area contributed by atoms with Gasteiger partial charge in [0.05, 0.1) is 12.3 Å². The number of hydrogen-bond donors (Lipinski definition) is 1. The fourth-order valence-corrected chi connectivity index (χ4v) is 5.84. The standard InChI is InChI=1S/C27H37N3O4S/c1-20(2)9-8-10-23-12-13-27-25(15-23)34-26(18-29(5)17-24-11-6-7-14-28-24)21(3)16-30(22(4)19-31)35(27,32)33/h6-7,11-15,20-22,26,31H,9,16-19H2,1-5H3/t21-,22+,26+/m0/s1. The van der Waals surface area contributed by atoms with Gasteiger partial charge in [-0.3, -0.25) is 9.88 Å². The molecule has 1 aromatic heterocycles. The summed E-state index contributed by atoms with van der Waals surface area (Å²) in [4.78, 5) is 6.64. The van der Waals surface area contributed by atoms with E-state index in [1.807, 2.05) is 32.2 Å². The SMILES string of the molecule is CC(C)CC#Cc1ccc2c(c1)O[C@H](CN(C)Cc1ccccn1)[C@@H](C)CN([C@H](C)CO)S2(=O)=O. The highest BCUT2D eigenvalue weighted by Gasteiger charge is 2.38. The van der Waals surface area contributed by atoms with Crippen molar-refractivity contribution in [3.05, 3.63) is 53.9 Å². The summed E-state index contributed by atoms with van der Waals surface area (Å²) in [6, 6.07) is 10.3. The van der Waals surface area contributed by atoms with Crippen molar-refractivity contribution in [3.8, 4) is 17.6 Å². The van der Waals surface area contributed by atoms with Crippen molar-refractivity contribution in [2.45, 2.75) is 57.7 Å². The summed E-state index contributed by atoms with van der Waals surface area (Å²) in [7, 11) is -1.86. The van der Waals surface area contributed by atoms with Gasteiger partial charge < -0.3 is 9.84 Å². The van der Waals surface area contributed by atoms with E-state index in [1.54, 1.807) is 31.3 Å². The van der Waals surface area contributed by atoms with Crippen LogP contribution in [0.2, 0.25) is 0 Å². The number of likely N-dealkylation sites (N-methyl/N-ethyl adjacent to an activating group) is 1. The van der Waals surface area contributed by atoms with E-state index < -0.39 is 16.1 Å². The van der Waals surface area contributed by atoms with Crippen LogP contribution in [0.15, 0.2) is 47.5 Å². The van der Waals surface area contributed by atoms with Crippen LogP contribution in [0.25, 0.3) is 0 Å². The highest BCUT2D eigenvalue weighted by Crippen LogP contribution is 2.34. The van der Waals surface area contributed by atoms with Crippen molar-refractivity contribution in [2.75, 3.05) is 26.7 Å². The number of ether oxygens (including phenoxy) is 1. The lowest BCUT2D eigenvalue weighted by Crippen LogP contribution is -2.49. The van der Waals surface area contributed by atoms with E-state index in [0.717, 1.165) is 17.7 Å². The summed E-state index contributed by atoms with van der Waals surface area (Å²) >= 11 is 0. The summed E-state index contributed by atoms with van der Waals surface area (Å²) in [5.41, 5.74) is 1.67. The maximum absolute atomic E-state index is 13.6. The Morgan fingerprint density at radius 2 is 2.03 bits per heavy atom. The molecule has 0 radical (unpaired) electrons. The molecule has 0 bridgehead atoms. The summed E-state index contributed by atoms with van der Waals surface area (Å²) in [6.45, 7) is 9.15. The molecule has 0 amide bonds. The van der Waals surface area contributed by atoms with E-state index in [0.29, 0.717) is 24.8 Å². The van der Waals surface area contributed by atoms with Crippen LogP contribution in [0.3, 0.4) is 0 Å². The number of aliphatic hydroxyl groups excluding tert-OH is 1. The average Bonchev–Trinajstić information content (AvgIpc) is 2.81. The first-order valence-electron chi connectivity index (χ1n) is 12.1. The van der Waals surface area contributed by atoms with Crippen LogP contribution >= 0.6 is 0 Å². The van der Waals surface area contributed by atoms with Gasteiger partial charge >= 0.3 is 0 Å². The summed E-state index contributed by atoms with van der Waals surface area (Å²) in [6.07, 6.45) is 2.26. The van der Waals surface area contributed by atoms with Crippen LogP contribution in [-0.2, 0) is 16.6 Å². The van der Waals surface area contributed by atoms with Gasteiger partial charge in [-0.15, -0.1) is 0 Å². The van der Waals surface area contributed by atoms with Crippen molar-refractivity contribution in [3.63, 3.8) is 0 Å². The second kappa shape index (κ2) is 12.0. The first-order valence-corrected chi connectivity index (χ1v) is 13.6. The van der Waals surface area contributed by atoms with Crippen LogP contribution in [0.1, 0.15) is 45.4 Å². The Morgan fingerprint density at radius 1 is 1.26 bits per heavy atom. The number of benzene rings is 1. The third kappa shape index (κ3) is 7.05. The predicted molar refractivity (Wildman–Crippen MR) is 137 cm³/mol. The molecule has 3 atom stereocenters.